The molecule has 0 atom stereocenters. The van der Waals surface area contributed by atoms with Crippen LogP contribution in [0.4, 0.5) is 0 Å². The van der Waals surface area contributed by atoms with Crippen LogP contribution in [0.1, 0.15) is 19.8 Å². The molecule has 0 aromatic rings. The standard InChI is InChI=1S/C8H16N2/c1-4-5-6-7-10-8(2)9-3/h6-7,9-10H,2,4-5H2,1,3H3/b7-6-. The van der Waals surface area contributed by atoms with Crippen molar-refractivity contribution in [2.24, 2.45) is 0 Å². The fraction of sp³-hybridized carbons (Fsp3) is 0.500. The zero-order valence-electron chi connectivity index (χ0n) is 6.78. The van der Waals surface area contributed by atoms with Crippen LogP contribution in [0.5, 0.6) is 0 Å². The van der Waals surface area contributed by atoms with Crippen LogP contribution in [0.3, 0.4) is 0 Å². The normalized spacial score (nSPS) is 9.80. The Hall–Kier alpha value is -0.920. The van der Waals surface area contributed by atoms with Gasteiger partial charge in [-0.1, -0.05) is 26.0 Å². The van der Waals surface area contributed by atoms with Crippen LogP contribution in [0.15, 0.2) is 24.7 Å². The highest BCUT2D eigenvalue weighted by atomic mass is 15.0. The lowest BCUT2D eigenvalue weighted by atomic mass is 10.3. The van der Waals surface area contributed by atoms with E-state index in [4.69, 9.17) is 0 Å². The minimum absolute atomic E-state index is 0.826. The first-order chi connectivity index (χ1) is 4.81. The van der Waals surface area contributed by atoms with E-state index >= 15 is 0 Å². The van der Waals surface area contributed by atoms with Crippen LogP contribution in [0, 0.1) is 0 Å². The van der Waals surface area contributed by atoms with Crippen molar-refractivity contribution in [3.63, 3.8) is 0 Å². The Morgan fingerprint density at radius 2 is 2.30 bits per heavy atom. The van der Waals surface area contributed by atoms with E-state index in [1.807, 2.05) is 13.2 Å². The van der Waals surface area contributed by atoms with Crippen LogP contribution in [0.2, 0.25) is 0 Å². The fourth-order valence-electron chi connectivity index (χ4n) is 0.482. The second kappa shape index (κ2) is 6.20. The number of allylic oxidation sites excluding steroid dienone is 1. The molecule has 2 heteroatoms. The molecule has 0 bridgehead atoms. The van der Waals surface area contributed by atoms with Gasteiger partial charge in [-0.25, -0.2) is 0 Å². The molecule has 0 saturated carbocycles. The minimum Gasteiger partial charge on any atom is -0.375 e. The van der Waals surface area contributed by atoms with E-state index in [2.05, 4.69) is 30.2 Å². The zero-order valence-corrected chi connectivity index (χ0v) is 6.78. The Balaban J connectivity index is 3.25. The lowest BCUT2D eigenvalue weighted by molar-refractivity contribution is 0.867. The Kier molecular flexibility index (Phi) is 5.63. The predicted octanol–water partition coefficient (Wildman–Crippen LogP) is 1.58. The van der Waals surface area contributed by atoms with Gasteiger partial charge in [-0.15, -0.1) is 0 Å². The van der Waals surface area contributed by atoms with Gasteiger partial charge in [0.1, 0.15) is 0 Å². The Labute approximate surface area is 63.0 Å². The monoisotopic (exact) mass is 140 g/mol. The highest BCUT2D eigenvalue weighted by molar-refractivity contribution is 4.93. The molecule has 0 fully saturated rings. The van der Waals surface area contributed by atoms with E-state index in [1.54, 1.807) is 0 Å². The van der Waals surface area contributed by atoms with Crippen molar-refractivity contribution in [1.82, 2.24) is 10.6 Å². The van der Waals surface area contributed by atoms with Gasteiger partial charge < -0.3 is 10.6 Å². The van der Waals surface area contributed by atoms with Gasteiger partial charge in [-0.3, -0.25) is 0 Å². The molecular weight excluding hydrogens is 124 g/mol. The Morgan fingerprint density at radius 3 is 2.80 bits per heavy atom. The first-order valence-corrected chi connectivity index (χ1v) is 3.59. The van der Waals surface area contributed by atoms with Gasteiger partial charge in [0.15, 0.2) is 0 Å². The summed E-state index contributed by atoms with van der Waals surface area (Å²) in [5, 5.41) is 5.87. The molecule has 0 spiro atoms. The molecular formula is C8H16N2. The van der Waals surface area contributed by atoms with Crippen molar-refractivity contribution in [3.8, 4) is 0 Å². The average Bonchev–Trinajstić information content (AvgIpc) is 1.98. The quantitative estimate of drug-likeness (QED) is 0.606. The maximum atomic E-state index is 3.70. The van der Waals surface area contributed by atoms with Crippen LogP contribution in [-0.4, -0.2) is 7.05 Å². The highest BCUT2D eigenvalue weighted by Crippen LogP contribution is 1.86. The van der Waals surface area contributed by atoms with Crippen molar-refractivity contribution >= 4 is 0 Å². The highest BCUT2D eigenvalue weighted by Gasteiger charge is 1.78. The lowest BCUT2D eigenvalue weighted by Gasteiger charge is -2.01. The first-order valence-electron chi connectivity index (χ1n) is 3.59. The van der Waals surface area contributed by atoms with E-state index in [-0.39, 0.29) is 0 Å². The number of hydrogen-bond acceptors (Lipinski definition) is 2. The molecule has 0 rings (SSSR count). The topological polar surface area (TPSA) is 24.1 Å². The van der Waals surface area contributed by atoms with E-state index in [0.717, 1.165) is 12.2 Å². The first kappa shape index (κ1) is 9.08. The maximum absolute atomic E-state index is 3.70. The number of unbranched alkanes of at least 4 members (excludes halogenated alkanes) is 1. The predicted molar refractivity (Wildman–Crippen MR) is 45.4 cm³/mol. The summed E-state index contributed by atoms with van der Waals surface area (Å²) in [7, 11) is 1.84. The number of rotatable bonds is 5. The molecule has 0 aromatic carbocycles. The molecule has 58 valence electrons. The molecule has 0 saturated heterocycles. The summed E-state index contributed by atoms with van der Waals surface area (Å²) in [6.07, 6.45) is 6.29. The summed E-state index contributed by atoms with van der Waals surface area (Å²) in [4.78, 5) is 0. The van der Waals surface area contributed by atoms with E-state index in [0.29, 0.717) is 0 Å². The molecule has 0 radical (unpaired) electrons. The van der Waals surface area contributed by atoms with E-state index in [9.17, 15) is 0 Å². The van der Waals surface area contributed by atoms with Gasteiger partial charge in [-0.05, 0) is 12.6 Å². The smallest absolute Gasteiger partial charge is 0.0949 e. The van der Waals surface area contributed by atoms with Gasteiger partial charge in [0.25, 0.3) is 0 Å². The molecule has 2 N–H and O–H groups in total. The minimum atomic E-state index is 0.826. The molecule has 0 aliphatic heterocycles. The summed E-state index contributed by atoms with van der Waals surface area (Å²) in [6.45, 7) is 5.85. The third kappa shape index (κ3) is 5.22. The number of hydrogen-bond donors (Lipinski definition) is 2. The SMILES string of the molecule is C=C(NC)N/C=C\CCC. The largest absolute Gasteiger partial charge is 0.375 e. The second-order valence-corrected chi connectivity index (χ2v) is 2.06. The third-order valence-corrected chi connectivity index (χ3v) is 1.13. The van der Waals surface area contributed by atoms with Gasteiger partial charge >= 0.3 is 0 Å². The third-order valence-electron chi connectivity index (χ3n) is 1.13. The number of nitrogens with one attached hydrogen (secondary N) is 2. The molecule has 0 heterocycles. The fourth-order valence-corrected chi connectivity index (χ4v) is 0.482. The van der Waals surface area contributed by atoms with Crippen molar-refractivity contribution < 1.29 is 0 Å². The summed E-state index contributed by atoms with van der Waals surface area (Å²) < 4.78 is 0. The van der Waals surface area contributed by atoms with E-state index in [1.165, 1.54) is 6.42 Å². The van der Waals surface area contributed by atoms with Gasteiger partial charge in [0, 0.05) is 7.05 Å². The maximum Gasteiger partial charge on any atom is 0.0949 e. The lowest BCUT2D eigenvalue weighted by Crippen LogP contribution is -2.16. The molecule has 0 amide bonds. The molecule has 0 aliphatic rings. The van der Waals surface area contributed by atoms with Gasteiger partial charge in [-0.2, -0.15) is 0 Å². The second-order valence-electron chi connectivity index (χ2n) is 2.06. The van der Waals surface area contributed by atoms with Crippen molar-refractivity contribution in [2.75, 3.05) is 7.05 Å². The Bertz CT molecular complexity index is 116. The molecule has 2 nitrogen and oxygen atoms in total. The zero-order chi connectivity index (χ0) is 7.82. The van der Waals surface area contributed by atoms with E-state index < -0.39 is 0 Å². The van der Waals surface area contributed by atoms with Crippen LogP contribution < -0.4 is 10.6 Å². The molecule has 0 unspecified atom stereocenters. The van der Waals surface area contributed by atoms with Crippen molar-refractivity contribution in [2.45, 2.75) is 19.8 Å². The van der Waals surface area contributed by atoms with Crippen molar-refractivity contribution in [1.29, 1.82) is 0 Å². The average molecular weight is 140 g/mol. The molecule has 0 aliphatic carbocycles. The van der Waals surface area contributed by atoms with Gasteiger partial charge in [0.2, 0.25) is 0 Å². The Morgan fingerprint density at radius 1 is 1.60 bits per heavy atom. The van der Waals surface area contributed by atoms with Crippen LogP contribution in [0.25, 0.3) is 0 Å². The molecule has 0 aromatic heterocycles. The summed E-state index contributed by atoms with van der Waals surface area (Å²) >= 11 is 0. The summed E-state index contributed by atoms with van der Waals surface area (Å²) in [5.74, 6) is 0.826. The van der Waals surface area contributed by atoms with Crippen LogP contribution >= 0.6 is 0 Å². The van der Waals surface area contributed by atoms with Crippen molar-refractivity contribution in [3.05, 3.63) is 24.7 Å². The van der Waals surface area contributed by atoms with Crippen LogP contribution in [-0.2, 0) is 0 Å². The molecule has 10 heavy (non-hydrogen) atoms. The summed E-state index contributed by atoms with van der Waals surface area (Å²) in [5.41, 5.74) is 0. The summed E-state index contributed by atoms with van der Waals surface area (Å²) in [6, 6.07) is 0. The van der Waals surface area contributed by atoms with Gasteiger partial charge in [0.05, 0.1) is 5.82 Å².